The molecular weight excluding hydrogens is 382 g/mol. The lowest BCUT2D eigenvalue weighted by atomic mass is 9.71. The van der Waals surface area contributed by atoms with Crippen molar-refractivity contribution in [1.82, 2.24) is 14.5 Å². The molecule has 0 spiro atoms. The highest BCUT2D eigenvalue weighted by Crippen LogP contribution is 2.36. The lowest BCUT2D eigenvalue weighted by molar-refractivity contribution is -0.166. The van der Waals surface area contributed by atoms with Crippen LogP contribution in [0.15, 0.2) is 60.9 Å². The Morgan fingerprint density at radius 3 is 2.57 bits per heavy atom. The third kappa shape index (κ3) is 3.80. The molecule has 4 rings (SSSR count). The van der Waals surface area contributed by atoms with E-state index in [1.165, 1.54) is 0 Å². The smallest absolute Gasteiger partial charge is 0.312 e. The molecule has 0 saturated carbocycles. The number of aliphatic hydroxyl groups excluding tert-OH is 1. The fraction of sp³-hybridized carbons (Fsp3) is 0.348. The summed E-state index contributed by atoms with van der Waals surface area (Å²) in [6, 6.07) is 17.1. The second kappa shape index (κ2) is 8.28. The van der Waals surface area contributed by atoms with Gasteiger partial charge in [0.1, 0.15) is 5.41 Å². The molecule has 1 aliphatic heterocycles. The Morgan fingerprint density at radius 2 is 1.83 bits per heavy atom. The quantitative estimate of drug-likeness (QED) is 0.654. The van der Waals surface area contributed by atoms with Crippen molar-refractivity contribution in [1.29, 1.82) is 0 Å². The number of rotatable bonds is 6. The maximum atomic E-state index is 12.7. The summed E-state index contributed by atoms with van der Waals surface area (Å²) >= 11 is 0. The van der Waals surface area contributed by atoms with E-state index in [0.29, 0.717) is 13.1 Å². The minimum absolute atomic E-state index is 0.0304. The van der Waals surface area contributed by atoms with E-state index in [1.54, 1.807) is 11.2 Å². The largest absolute Gasteiger partial charge is 0.481 e. The van der Waals surface area contributed by atoms with Crippen LogP contribution < -0.4 is 0 Å². The minimum atomic E-state index is -1.28. The number of hydrogen-bond acceptors (Lipinski definition) is 4. The standard InChI is InChI=1S/C23H25N3O4/c27-20-15-25(13-11-23(20,22(29)30)14-17-6-2-1-3-7-17)21(28)10-12-26-16-24-18-8-4-5-9-19(18)26/h1-9,16,20,27H,10-15H2,(H,29,30)/t20-,23-/m1/s1. The van der Waals surface area contributed by atoms with Gasteiger partial charge in [0.05, 0.1) is 23.5 Å². The molecule has 2 N–H and O–H groups in total. The first-order valence-corrected chi connectivity index (χ1v) is 10.1. The zero-order chi connectivity index (χ0) is 21.1. The van der Waals surface area contributed by atoms with Gasteiger partial charge in [-0.1, -0.05) is 42.5 Å². The Kier molecular flexibility index (Phi) is 5.55. The summed E-state index contributed by atoms with van der Waals surface area (Å²) in [5.41, 5.74) is 1.44. The summed E-state index contributed by atoms with van der Waals surface area (Å²) in [5, 5.41) is 20.7. The Hall–Kier alpha value is -3.19. The fourth-order valence-electron chi connectivity index (χ4n) is 4.26. The minimum Gasteiger partial charge on any atom is -0.481 e. The predicted octanol–water partition coefficient (Wildman–Crippen LogP) is 2.33. The molecule has 0 aliphatic carbocycles. The summed E-state index contributed by atoms with van der Waals surface area (Å²) in [5.74, 6) is -1.11. The van der Waals surface area contributed by atoms with Gasteiger partial charge in [0.2, 0.25) is 5.91 Å². The van der Waals surface area contributed by atoms with Crippen LogP contribution in [0.5, 0.6) is 0 Å². The Balaban J connectivity index is 1.41. The number of nitrogens with zero attached hydrogens (tertiary/aromatic N) is 3. The average Bonchev–Trinajstić information content (AvgIpc) is 3.17. The Bertz CT molecular complexity index is 1050. The van der Waals surface area contributed by atoms with Gasteiger partial charge in [0.15, 0.2) is 0 Å². The molecule has 7 heteroatoms. The number of carboxylic acid groups (broad SMARTS) is 1. The maximum absolute atomic E-state index is 12.7. The van der Waals surface area contributed by atoms with Crippen LogP contribution in [0.4, 0.5) is 0 Å². The second-order valence-electron chi connectivity index (χ2n) is 7.91. The number of aliphatic hydroxyl groups is 1. The van der Waals surface area contributed by atoms with Gasteiger partial charge in [-0.2, -0.15) is 0 Å². The summed E-state index contributed by atoms with van der Waals surface area (Å²) < 4.78 is 1.94. The monoisotopic (exact) mass is 407 g/mol. The fourth-order valence-corrected chi connectivity index (χ4v) is 4.26. The predicted molar refractivity (Wildman–Crippen MR) is 112 cm³/mol. The average molecular weight is 407 g/mol. The van der Waals surface area contributed by atoms with Crippen molar-refractivity contribution >= 4 is 22.9 Å². The molecule has 1 saturated heterocycles. The number of carbonyl (C=O) groups is 2. The summed E-state index contributed by atoms with van der Waals surface area (Å²) in [6.07, 6.45) is 1.33. The lowest BCUT2D eigenvalue weighted by Gasteiger charge is -2.43. The Morgan fingerprint density at radius 1 is 1.10 bits per heavy atom. The number of benzene rings is 2. The second-order valence-corrected chi connectivity index (χ2v) is 7.91. The zero-order valence-electron chi connectivity index (χ0n) is 16.6. The van der Waals surface area contributed by atoms with Crippen LogP contribution in [-0.4, -0.2) is 55.7 Å². The van der Waals surface area contributed by atoms with Crippen molar-refractivity contribution in [3.05, 3.63) is 66.5 Å². The highest BCUT2D eigenvalue weighted by molar-refractivity contribution is 5.80. The first-order chi connectivity index (χ1) is 14.5. The van der Waals surface area contributed by atoms with Gasteiger partial charge < -0.3 is 19.7 Å². The van der Waals surface area contributed by atoms with Gasteiger partial charge >= 0.3 is 5.97 Å². The van der Waals surface area contributed by atoms with Gasteiger partial charge in [-0.05, 0) is 30.5 Å². The number of para-hydroxylation sites is 2. The molecule has 156 valence electrons. The molecule has 0 radical (unpaired) electrons. The van der Waals surface area contributed by atoms with Gasteiger partial charge in [-0.25, -0.2) is 4.98 Å². The van der Waals surface area contributed by atoms with E-state index < -0.39 is 17.5 Å². The number of β-amino-alcohol motifs (C(OH)–C–C–N with tert-alkyl or cyclic N) is 1. The van der Waals surface area contributed by atoms with Crippen LogP contribution in [0.1, 0.15) is 18.4 Å². The van der Waals surface area contributed by atoms with Crippen molar-refractivity contribution in [2.45, 2.75) is 31.9 Å². The normalized spacial score (nSPS) is 21.6. The van der Waals surface area contributed by atoms with Crippen LogP contribution in [0.25, 0.3) is 11.0 Å². The molecule has 1 fully saturated rings. The van der Waals surface area contributed by atoms with Crippen molar-refractivity contribution in [2.24, 2.45) is 5.41 Å². The summed E-state index contributed by atoms with van der Waals surface area (Å²) in [4.78, 5) is 30.8. The zero-order valence-corrected chi connectivity index (χ0v) is 16.6. The van der Waals surface area contributed by atoms with E-state index in [0.717, 1.165) is 16.6 Å². The number of carbonyl (C=O) groups excluding carboxylic acids is 1. The van der Waals surface area contributed by atoms with Gasteiger partial charge in [-0.3, -0.25) is 9.59 Å². The number of aryl methyl sites for hydroxylation is 1. The highest BCUT2D eigenvalue weighted by atomic mass is 16.4. The number of carboxylic acids is 1. The molecule has 0 bridgehead atoms. The number of piperidine rings is 1. The van der Waals surface area contributed by atoms with Gasteiger partial charge in [0, 0.05) is 26.1 Å². The number of likely N-dealkylation sites (tertiary alicyclic amines) is 1. The van der Waals surface area contributed by atoms with E-state index in [9.17, 15) is 19.8 Å². The molecule has 1 aliphatic rings. The third-order valence-corrected chi connectivity index (χ3v) is 6.09. The van der Waals surface area contributed by atoms with Crippen LogP contribution in [0.2, 0.25) is 0 Å². The van der Waals surface area contributed by atoms with Gasteiger partial charge in [0.25, 0.3) is 0 Å². The van der Waals surface area contributed by atoms with E-state index in [-0.39, 0.29) is 31.7 Å². The molecule has 0 unspecified atom stereocenters. The third-order valence-electron chi connectivity index (χ3n) is 6.09. The SMILES string of the molecule is O=C(CCn1cnc2ccccc21)N1CC[C@](Cc2ccccc2)(C(=O)O)[C@H](O)C1. The maximum Gasteiger partial charge on any atom is 0.312 e. The summed E-state index contributed by atoms with van der Waals surface area (Å²) in [7, 11) is 0. The van der Waals surface area contributed by atoms with Crippen molar-refractivity contribution < 1.29 is 19.8 Å². The first kappa shape index (κ1) is 20.1. The topological polar surface area (TPSA) is 95.7 Å². The van der Waals surface area contributed by atoms with E-state index in [4.69, 9.17) is 0 Å². The molecule has 1 aromatic heterocycles. The first-order valence-electron chi connectivity index (χ1n) is 10.1. The molecule has 2 atom stereocenters. The lowest BCUT2D eigenvalue weighted by Crippen LogP contribution is -2.57. The van der Waals surface area contributed by atoms with Crippen LogP contribution in [-0.2, 0) is 22.6 Å². The molecule has 2 aromatic carbocycles. The summed E-state index contributed by atoms with van der Waals surface area (Å²) in [6.45, 7) is 0.836. The van der Waals surface area contributed by atoms with E-state index in [2.05, 4.69) is 4.98 Å². The number of fused-ring (bicyclic) bond motifs is 1. The Labute approximate surface area is 174 Å². The number of amides is 1. The number of imidazole rings is 1. The van der Waals surface area contributed by atoms with E-state index in [1.807, 2.05) is 59.2 Å². The van der Waals surface area contributed by atoms with Crippen LogP contribution in [0, 0.1) is 5.41 Å². The van der Waals surface area contributed by atoms with Crippen molar-refractivity contribution in [3.63, 3.8) is 0 Å². The molecular formula is C23H25N3O4. The van der Waals surface area contributed by atoms with E-state index >= 15 is 0 Å². The molecule has 1 amide bonds. The number of aromatic nitrogens is 2. The number of hydrogen-bond donors (Lipinski definition) is 2. The number of aliphatic carboxylic acids is 1. The molecule has 3 aromatic rings. The van der Waals surface area contributed by atoms with Crippen LogP contribution in [0.3, 0.4) is 0 Å². The van der Waals surface area contributed by atoms with Crippen molar-refractivity contribution in [2.75, 3.05) is 13.1 Å². The molecule has 7 nitrogen and oxygen atoms in total. The van der Waals surface area contributed by atoms with Crippen molar-refractivity contribution in [3.8, 4) is 0 Å². The molecule has 30 heavy (non-hydrogen) atoms. The highest BCUT2D eigenvalue weighted by Gasteiger charge is 2.49. The molecule has 2 heterocycles. The van der Waals surface area contributed by atoms with Gasteiger partial charge in [-0.15, -0.1) is 0 Å². The van der Waals surface area contributed by atoms with Crippen LogP contribution >= 0.6 is 0 Å².